The van der Waals surface area contributed by atoms with Crippen molar-refractivity contribution in [3.05, 3.63) is 11.8 Å². The van der Waals surface area contributed by atoms with Crippen LogP contribution in [0.2, 0.25) is 0 Å². The van der Waals surface area contributed by atoms with Crippen molar-refractivity contribution in [3.63, 3.8) is 0 Å². The summed E-state index contributed by atoms with van der Waals surface area (Å²) in [6, 6.07) is 0. The minimum Gasteiger partial charge on any atom is -0.375 e. The predicted octanol–water partition coefficient (Wildman–Crippen LogP) is 1.24. The first-order valence-corrected chi connectivity index (χ1v) is 7.70. The normalized spacial score (nSPS) is 27.0. The van der Waals surface area contributed by atoms with Crippen LogP contribution in [-0.4, -0.2) is 61.6 Å². The number of nitrogens with zero attached hydrogens (tertiary/aromatic N) is 4. The van der Waals surface area contributed by atoms with Crippen LogP contribution in [0, 0.1) is 6.92 Å². The van der Waals surface area contributed by atoms with Crippen molar-refractivity contribution >= 4 is 11.8 Å². The minimum absolute atomic E-state index is 0.232. The van der Waals surface area contributed by atoms with Crippen molar-refractivity contribution in [3.8, 4) is 0 Å². The topological polar surface area (TPSA) is 50.7 Å². The molecule has 0 unspecified atom stereocenters. The highest BCUT2D eigenvalue weighted by Gasteiger charge is 2.23. The zero-order chi connectivity index (χ0) is 14.8. The fourth-order valence-electron chi connectivity index (χ4n) is 2.91. The van der Waals surface area contributed by atoms with Crippen LogP contribution < -0.4 is 9.80 Å². The Morgan fingerprint density at radius 1 is 1.05 bits per heavy atom. The van der Waals surface area contributed by atoms with E-state index in [9.17, 15) is 0 Å². The molecule has 2 saturated heterocycles. The van der Waals surface area contributed by atoms with Gasteiger partial charge >= 0.3 is 0 Å². The summed E-state index contributed by atoms with van der Waals surface area (Å²) in [6.07, 6.45) is 2.41. The van der Waals surface area contributed by atoms with Crippen molar-refractivity contribution in [2.24, 2.45) is 0 Å². The maximum atomic E-state index is 5.62. The Labute approximate surface area is 126 Å². The molecule has 6 heteroatoms. The maximum absolute atomic E-state index is 5.62. The number of hydrogen-bond donors (Lipinski definition) is 0. The molecule has 2 fully saturated rings. The van der Waals surface area contributed by atoms with Gasteiger partial charge in [0.15, 0.2) is 0 Å². The molecule has 0 bridgehead atoms. The van der Waals surface area contributed by atoms with Crippen LogP contribution in [0.3, 0.4) is 0 Å². The second kappa shape index (κ2) is 6.15. The maximum Gasteiger partial charge on any atom is 0.227 e. The van der Waals surface area contributed by atoms with Gasteiger partial charge in [0.2, 0.25) is 5.95 Å². The van der Waals surface area contributed by atoms with Crippen LogP contribution in [0.4, 0.5) is 11.8 Å². The van der Waals surface area contributed by atoms with E-state index in [1.807, 2.05) is 6.20 Å². The van der Waals surface area contributed by atoms with Crippen molar-refractivity contribution in [1.29, 1.82) is 0 Å². The summed E-state index contributed by atoms with van der Waals surface area (Å²) in [5.74, 6) is 1.85. The molecular weight excluding hydrogens is 268 g/mol. The van der Waals surface area contributed by atoms with Crippen LogP contribution in [0.1, 0.15) is 19.4 Å². The zero-order valence-corrected chi connectivity index (χ0v) is 13.1. The highest BCUT2D eigenvalue weighted by molar-refractivity contribution is 5.50. The Bertz CT molecular complexity index is 497. The Morgan fingerprint density at radius 2 is 1.67 bits per heavy atom. The molecule has 0 aromatic carbocycles. The van der Waals surface area contributed by atoms with Crippen LogP contribution in [0.15, 0.2) is 6.20 Å². The summed E-state index contributed by atoms with van der Waals surface area (Å²) in [5.41, 5.74) is 1.12. The third-order valence-corrected chi connectivity index (χ3v) is 4.00. The fourth-order valence-corrected chi connectivity index (χ4v) is 2.91. The summed E-state index contributed by atoms with van der Waals surface area (Å²) < 4.78 is 11.2. The first-order chi connectivity index (χ1) is 10.1. The summed E-state index contributed by atoms with van der Waals surface area (Å²) >= 11 is 0. The van der Waals surface area contributed by atoms with Gasteiger partial charge in [0, 0.05) is 37.9 Å². The molecule has 0 aliphatic carbocycles. The Balaban J connectivity index is 1.82. The minimum atomic E-state index is 0.232. The molecule has 2 aliphatic rings. The van der Waals surface area contributed by atoms with Crippen molar-refractivity contribution in [2.45, 2.75) is 33.0 Å². The number of anilines is 2. The molecule has 0 radical (unpaired) electrons. The molecule has 116 valence electrons. The summed E-state index contributed by atoms with van der Waals surface area (Å²) in [4.78, 5) is 13.8. The smallest absolute Gasteiger partial charge is 0.227 e. The van der Waals surface area contributed by atoms with E-state index < -0.39 is 0 Å². The van der Waals surface area contributed by atoms with Crippen LogP contribution in [-0.2, 0) is 9.47 Å². The molecule has 2 aliphatic heterocycles. The molecular formula is C15H24N4O2. The lowest BCUT2D eigenvalue weighted by Crippen LogP contribution is -2.43. The second-order valence-electron chi connectivity index (χ2n) is 5.93. The van der Waals surface area contributed by atoms with Crippen LogP contribution >= 0.6 is 0 Å². The largest absolute Gasteiger partial charge is 0.375 e. The highest BCUT2D eigenvalue weighted by Crippen LogP contribution is 2.23. The summed E-state index contributed by atoms with van der Waals surface area (Å²) in [5, 5.41) is 0. The molecule has 3 heterocycles. The first kappa shape index (κ1) is 14.5. The molecule has 3 rings (SSSR count). The van der Waals surface area contributed by atoms with Gasteiger partial charge < -0.3 is 19.3 Å². The molecule has 0 amide bonds. The molecule has 0 saturated carbocycles. The number of aryl methyl sites for hydroxylation is 1. The Hall–Kier alpha value is -1.40. The predicted molar refractivity (Wildman–Crippen MR) is 82.0 cm³/mol. The fraction of sp³-hybridized carbons (Fsp3) is 0.733. The second-order valence-corrected chi connectivity index (χ2v) is 5.93. The molecule has 1 aromatic heterocycles. The molecule has 0 spiro atoms. The van der Waals surface area contributed by atoms with Crippen LogP contribution in [0.5, 0.6) is 0 Å². The quantitative estimate of drug-likeness (QED) is 0.817. The van der Waals surface area contributed by atoms with Gasteiger partial charge in [0.05, 0.1) is 25.4 Å². The number of hydrogen-bond acceptors (Lipinski definition) is 6. The standard InChI is InChI=1S/C15H24N4O2/c1-11-8-16-15(19-5-7-21-13(3)10-19)17-14(11)18-4-6-20-12(2)9-18/h8,12-13H,4-7,9-10H2,1-3H3/t12-,13-/m0/s1. The van der Waals surface area contributed by atoms with Crippen molar-refractivity contribution in [1.82, 2.24) is 9.97 Å². The van der Waals surface area contributed by atoms with Gasteiger partial charge in [0.1, 0.15) is 5.82 Å². The summed E-state index contributed by atoms with van der Waals surface area (Å²) in [6.45, 7) is 11.2. The molecule has 21 heavy (non-hydrogen) atoms. The van der Waals surface area contributed by atoms with E-state index in [1.54, 1.807) is 0 Å². The molecule has 6 nitrogen and oxygen atoms in total. The van der Waals surface area contributed by atoms with E-state index in [1.165, 1.54) is 0 Å². The Morgan fingerprint density at radius 3 is 2.33 bits per heavy atom. The highest BCUT2D eigenvalue weighted by atomic mass is 16.5. The van der Waals surface area contributed by atoms with Gasteiger partial charge in [-0.1, -0.05) is 0 Å². The SMILES string of the molecule is Cc1cnc(N2CCO[C@@H](C)C2)nc1N1CCO[C@@H](C)C1. The zero-order valence-electron chi connectivity index (χ0n) is 13.1. The van der Waals surface area contributed by atoms with Gasteiger partial charge in [-0.15, -0.1) is 0 Å². The lowest BCUT2D eigenvalue weighted by atomic mass is 10.2. The third kappa shape index (κ3) is 3.27. The number of ether oxygens (including phenoxy) is 2. The van der Waals surface area contributed by atoms with Gasteiger partial charge in [-0.25, -0.2) is 4.98 Å². The number of aromatic nitrogens is 2. The lowest BCUT2D eigenvalue weighted by molar-refractivity contribution is 0.0521. The first-order valence-electron chi connectivity index (χ1n) is 7.70. The van der Waals surface area contributed by atoms with Gasteiger partial charge in [-0.2, -0.15) is 4.98 Å². The average Bonchev–Trinajstić information content (AvgIpc) is 2.47. The van der Waals surface area contributed by atoms with Gasteiger partial charge in [-0.3, -0.25) is 0 Å². The lowest BCUT2D eigenvalue weighted by Gasteiger charge is -2.34. The van der Waals surface area contributed by atoms with Crippen molar-refractivity contribution < 1.29 is 9.47 Å². The van der Waals surface area contributed by atoms with Crippen molar-refractivity contribution in [2.75, 3.05) is 49.2 Å². The van der Waals surface area contributed by atoms with Crippen LogP contribution in [0.25, 0.3) is 0 Å². The number of rotatable bonds is 2. The van der Waals surface area contributed by atoms with E-state index in [0.29, 0.717) is 0 Å². The number of morpholine rings is 2. The third-order valence-electron chi connectivity index (χ3n) is 4.00. The van der Waals surface area contributed by atoms with E-state index >= 15 is 0 Å². The van der Waals surface area contributed by atoms with Gasteiger partial charge in [0.25, 0.3) is 0 Å². The van der Waals surface area contributed by atoms with E-state index in [0.717, 1.165) is 56.7 Å². The molecule has 2 atom stereocenters. The summed E-state index contributed by atoms with van der Waals surface area (Å²) in [7, 11) is 0. The van der Waals surface area contributed by atoms with E-state index in [2.05, 4.69) is 35.6 Å². The monoisotopic (exact) mass is 292 g/mol. The molecule has 1 aromatic rings. The average molecular weight is 292 g/mol. The Kier molecular flexibility index (Phi) is 4.26. The van der Waals surface area contributed by atoms with E-state index in [4.69, 9.17) is 14.5 Å². The molecule has 0 N–H and O–H groups in total. The van der Waals surface area contributed by atoms with Gasteiger partial charge in [-0.05, 0) is 20.8 Å². The van der Waals surface area contributed by atoms with E-state index in [-0.39, 0.29) is 12.2 Å².